The fourth-order valence-electron chi connectivity index (χ4n) is 3.93. The highest BCUT2D eigenvalue weighted by Gasteiger charge is 2.39. The molecule has 0 aromatic carbocycles. The minimum atomic E-state index is 0.724. The number of rotatable bonds is 4. The minimum absolute atomic E-state index is 0.724. The van der Waals surface area contributed by atoms with Crippen molar-refractivity contribution in [2.45, 2.75) is 76.0 Å². The van der Waals surface area contributed by atoms with Gasteiger partial charge in [0.05, 0.1) is 10.7 Å². The largest absolute Gasteiger partial charge is 0.309 e. The van der Waals surface area contributed by atoms with Crippen LogP contribution < -0.4 is 5.32 Å². The van der Waals surface area contributed by atoms with E-state index in [1.165, 1.54) is 54.1 Å². The zero-order chi connectivity index (χ0) is 13.7. The molecule has 2 saturated heterocycles. The van der Waals surface area contributed by atoms with Crippen molar-refractivity contribution in [1.29, 1.82) is 0 Å². The Balaban J connectivity index is 1.46. The van der Waals surface area contributed by atoms with Crippen molar-refractivity contribution in [2.75, 3.05) is 7.05 Å². The van der Waals surface area contributed by atoms with Crippen LogP contribution in [0, 0.1) is 6.92 Å². The van der Waals surface area contributed by atoms with E-state index < -0.39 is 0 Å². The Hall–Kier alpha value is -0.450. The monoisotopic (exact) mass is 291 g/mol. The smallest absolute Gasteiger partial charge is 0.0963 e. The molecule has 1 aromatic heterocycles. The molecule has 0 radical (unpaired) electrons. The van der Waals surface area contributed by atoms with E-state index in [2.05, 4.69) is 24.2 Å². The number of hydrogen-bond acceptors (Lipinski definition) is 4. The number of hydrogen-bond donors (Lipinski definition) is 1. The standard InChI is InChI=1S/C16H25N3S/c1-10-15(9-17-12-3-4-12)20-16(18-10)11-7-13-5-6-14(8-11)19(13)2/h11-14,17H,3-9H2,1-2H3. The zero-order valence-corrected chi connectivity index (χ0v) is 13.4. The molecule has 20 heavy (non-hydrogen) atoms. The van der Waals surface area contributed by atoms with Crippen LogP contribution in [0.2, 0.25) is 0 Å². The van der Waals surface area contributed by atoms with Gasteiger partial charge < -0.3 is 10.2 Å². The van der Waals surface area contributed by atoms with Gasteiger partial charge in [-0.2, -0.15) is 0 Å². The molecule has 1 saturated carbocycles. The Bertz CT molecular complexity index is 480. The molecule has 3 aliphatic rings. The molecule has 3 nitrogen and oxygen atoms in total. The summed E-state index contributed by atoms with van der Waals surface area (Å²) in [6.45, 7) is 3.22. The van der Waals surface area contributed by atoms with E-state index in [9.17, 15) is 0 Å². The van der Waals surface area contributed by atoms with Crippen LogP contribution in [0.25, 0.3) is 0 Å². The lowest BCUT2D eigenvalue weighted by Crippen LogP contribution is -2.39. The van der Waals surface area contributed by atoms with Gasteiger partial charge in [0.15, 0.2) is 0 Å². The number of thiazole rings is 1. The van der Waals surface area contributed by atoms with Crippen molar-refractivity contribution in [1.82, 2.24) is 15.2 Å². The third-order valence-corrected chi connectivity index (χ3v) is 6.81. The summed E-state index contributed by atoms with van der Waals surface area (Å²) in [7, 11) is 2.32. The summed E-state index contributed by atoms with van der Waals surface area (Å²) in [5, 5.41) is 5.05. The number of nitrogens with zero attached hydrogens (tertiary/aromatic N) is 2. The first kappa shape index (κ1) is 13.2. The molecule has 2 aliphatic heterocycles. The van der Waals surface area contributed by atoms with Crippen LogP contribution >= 0.6 is 11.3 Å². The van der Waals surface area contributed by atoms with Crippen LogP contribution in [-0.2, 0) is 6.54 Å². The molecular formula is C16H25N3S. The number of fused-ring (bicyclic) bond motifs is 2. The number of aromatic nitrogens is 1. The second kappa shape index (κ2) is 5.08. The lowest BCUT2D eigenvalue weighted by Gasteiger charge is -2.35. The van der Waals surface area contributed by atoms with Gasteiger partial charge in [0.2, 0.25) is 0 Å². The van der Waals surface area contributed by atoms with Gasteiger partial charge in [-0.25, -0.2) is 4.98 Å². The summed E-state index contributed by atoms with van der Waals surface area (Å²) in [5.74, 6) is 0.724. The first-order valence-corrected chi connectivity index (χ1v) is 8.94. The van der Waals surface area contributed by atoms with Crippen LogP contribution in [0.15, 0.2) is 0 Å². The molecule has 3 fully saturated rings. The van der Waals surface area contributed by atoms with Gasteiger partial charge in [-0.05, 0) is 52.5 Å². The molecule has 0 amide bonds. The predicted octanol–water partition coefficient (Wildman–Crippen LogP) is 3.04. The second-order valence-corrected chi connectivity index (χ2v) is 8.05. The lowest BCUT2D eigenvalue weighted by molar-refractivity contribution is 0.161. The average Bonchev–Trinajstić information content (AvgIpc) is 3.16. The number of piperidine rings is 1. The number of nitrogens with one attached hydrogen (secondary N) is 1. The summed E-state index contributed by atoms with van der Waals surface area (Å²) < 4.78 is 0. The van der Waals surface area contributed by atoms with E-state index in [1.807, 2.05) is 11.3 Å². The molecule has 1 aromatic rings. The molecule has 0 spiro atoms. The summed E-state index contributed by atoms with van der Waals surface area (Å²) in [4.78, 5) is 9.00. The topological polar surface area (TPSA) is 28.2 Å². The third kappa shape index (κ3) is 2.42. The Kier molecular flexibility index (Phi) is 3.36. The van der Waals surface area contributed by atoms with Gasteiger partial charge in [0.1, 0.15) is 0 Å². The highest BCUT2D eigenvalue weighted by atomic mass is 32.1. The van der Waals surface area contributed by atoms with Crippen LogP contribution in [0.3, 0.4) is 0 Å². The van der Waals surface area contributed by atoms with Gasteiger partial charge in [-0.15, -0.1) is 11.3 Å². The molecule has 3 heterocycles. The normalized spacial score (nSPS) is 33.8. The van der Waals surface area contributed by atoms with Crippen molar-refractivity contribution in [3.63, 3.8) is 0 Å². The molecule has 1 N–H and O–H groups in total. The van der Waals surface area contributed by atoms with E-state index in [1.54, 1.807) is 0 Å². The molecule has 2 atom stereocenters. The average molecular weight is 291 g/mol. The molecular weight excluding hydrogens is 266 g/mol. The van der Waals surface area contributed by atoms with E-state index in [0.29, 0.717) is 0 Å². The molecule has 2 unspecified atom stereocenters. The fraction of sp³-hybridized carbons (Fsp3) is 0.812. The maximum atomic E-state index is 4.91. The molecule has 1 aliphatic carbocycles. The molecule has 4 heteroatoms. The summed E-state index contributed by atoms with van der Waals surface area (Å²) in [6, 6.07) is 2.42. The summed E-state index contributed by atoms with van der Waals surface area (Å²) in [5.41, 5.74) is 1.27. The summed E-state index contributed by atoms with van der Waals surface area (Å²) in [6.07, 6.45) is 8.19. The van der Waals surface area contributed by atoms with Crippen molar-refractivity contribution >= 4 is 11.3 Å². The van der Waals surface area contributed by atoms with E-state index in [0.717, 1.165) is 30.6 Å². The maximum absolute atomic E-state index is 4.91. The van der Waals surface area contributed by atoms with E-state index in [-0.39, 0.29) is 0 Å². The van der Waals surface area contributed by atoms with Gasteiger partial charge in [0.25, 0.3) is 0 Å². The lowest BCUT2D eigenvalue weighted by atomic mass is 9.92. The van der Waals surface area contributed by atoms with Crippen molar-refractivity contribution in [2.24, 2.45) is 0 Å². The minimum Gasteiger partial charge on any atom is -0.309 e. The van der Waals surface area contributed by atoms with Crippen molar-refractivity contribution < 1.29 is 0 Å². The van der Waals surface area contributed by atoms with Crippen LogP contribution in [0.5, 0.6) is 0 Å². The van der Waals surface area contributed by atoms with Crippen LogP contribution in [0.4, 0.5) is 0 Å². The SMILES string of the molecule is Cc1nc(C2CC3CCC(C2)N3C)sc1CNC1CC1. The first-order valence-electron chi connectivity index (χ1n) is 8.12. The van der Waals surface area contributed by atoms with Gasteiger partial charge >= 0.3 is 0 Å². The maximum Gasteiger partial charge on any atom is 0.0963 e. The van der Waals surface area contributed by atoms with Gasteiger partial charge in [0, 0.05) is 35.5 Å². The Morgan fingerprint density at radius 1 is 1.20 bits per heavy atom. The summed E-state index contributed by atoms with van der Waals surface area (Å²) >= 11 is 1.98. The van der Waals surface area contributed by atoms with Crippen molar-refractivity contribution in [3.8, 4) is 0 Å². The Morgan fingerprint density at radius 3 is 2.55 bits per heavy atom. The second-order valence-electron chi connectivity index (χ2n) is 6.93. The fourth-order valence-corrected chi connectivity index (χ4v) is 5.07. The quantitative estimate of drug-likeness (QED) is 0.924. The highest BCUT2D eigenvalue weighted by molar-refractivity contribution is 7.11. The van der Waals surface area contributed by atoms with Crippen LogP contribution in [-0.4, -0.2) is 35.1 Å². The van der Waals surface area contributed by atoms with Crippen LogP contribution in [0.1, 0.15) is 60.0 Å². The third-order valence-electron chi connectivity index (χ3n) is 5.49. The highest BCUT2D eigenvalue weighted by Crippen LogP contribution is 2.43. The zero-order valence-electron chi connectivity index (χ0n) is 12.6. The number of aryl methyl sites for hydroxylation is 1. The molecule has 4 rings (SSSR count). The van der Waals surface area contributed by atoms with Gasteiger partial charge in [-0.1, -0.05) is 0 Å². The van der Waals surface area contributed by atoms with Crippen molar-refractivity contribution in [3.05, 3.63) is 15.6 Å². The Labute approximate surface area is 125 Å². The Morgan fingerprint density at radius 2 is 1.90 bits per heavy atom. The molecule has 110 valence electrons. The predicted molar refractivity (Wildman–Crippen MR) is 83.3 cm³/mol. The van der Waals surface area contributed by atoms with Gasteiger partial charge in [-0.3, -0.25) is 0 Å². The first-order chi connectivity index (χ1) is 9.70. The molecule has 2 bridgehead atoms. The van der Waals surface area contributed by atoms with E-state index >= 15 is 0 Å². The van der Waals surface area contributed by atoms with E-state index in [4.69, 9.17) is 4.98 Å².